The number of carbonyl (C=O) groups excluding carboxylic acids is 1. The molecule has 5 heteroatoms. The normalized spacial score (nSPS) is 10.8. The van der Waals surface area contributed by atoms with Crippen LogP contribution in [0.4, 0.5) is 5.69 Å². The number of carbonyl (C=O) groups is 1. The Kier molecular flexibility index (Phi) is 5.72. The van der Waals surface area contributed by atoms with E-state index in [0.29, 0.717) is 23.6 Å². The standard InChI is InChI=1S/C25H23NO3S/c1-16-8-10-17(11-9-16)14-20-19-6-4-5-7-23(19)30-24(20)25(27)26-18-12-13-21(28-2)22(15-18)29-3/h4-13,15H,14H2,1-3H3,(H,26,27). The van der Waals surface area contributed by atoms with E-state index in [9.17, 15) is 4.79 Å². The molecule has 0 saturated heterocycles. The topological polar surface area (TPSA) is 47.6 Å². The summed E-state index contributed by atoms with van der Waals surface area (Å²) in [4.78, 5) is 14.0. The van der Waals surface area contributed by atoms with Gasteiger partial charge in [0.1, 0.15) is 0 Å². The second kappa shape index (κ2) is 8.59. The molecule has 0 spiro atoms. The van der Waals surface area contributed by atoms with Gasteiger partial charge in [-0.25, -0.2) is 0 Å². The van der Waals surface area contributed by atoms with Gasteiger partial charge < -0.3 is 14.8 Å². The van der Waals surface area contributed by atoms with Crippen LogP contribution in [-0.4, -0.2) is 20.1 Å². The number of hydrogen-bond donors (Lipinski definition) is 1. The SMILES string of the molecule is COc1ccc(NC(=O)c2sc3ccccc3c2Cc2ccc(C)cc2)cc1OC. The molecular formula is C25H23NO3S. The second-order valence-electron chi connectivity index (χ2n) is 7.09. The second-order valence-corrected chi connectivity index (χ2v) is 8.14. The van der Waals surface area contributed by atoms with E-state index in [0.717, 1.165) is 20.5 Å². The van der Waals surface area contributed by atoms with Crippen LogP contribution in [0.25, 0.3) is 10.1 Å². The lowest BCUT2D eigenvalue weighted by molar-refractivity contribution is 0.103. The van der Waals surface area contributed by atoms with E-state index in [-0.39, 0.29) is 5.91 Å². The Hall–Kier alpha value is -3.31. The van der Waals surface area contributed by atoms with Crippen LogP contribution in [0.3, 0.4) is 0 Å². The quantitative estimate of drug-likeness (QED) is 0.414. The maximum atomic E-state index is 13.2. The third-order valence-corrected chi connectivity index (χ3v) is 6.26. The van der Waals surface area contributed by atoms with Crippen molar-refractivity contribution >= 4 is 33.0 Å². The zero-order valence-corrected chi connectivity index (χ0v) is 18.0. The number of nitrogens with one attached hydrogen (secondary N) is 1. The summed E-state index contributed by atoms with van der Waals surface area (Å²) in [6.45, 7) is 2.08. The van der Waals surface area contributed by atoms with E-state index in [2.05, 4.69) is 48.6 Å². The fourth-order valence-electron chi connectivity index (χ4n) is 3.47. The predicted octanol–water partition coefficient (Wildman–Crippen LogP) is 6.07. The number of methoxy groups -OCH3 is 2. The molecule has 0 radical (unpaired) electrons. The molecule has 4 nitrogen and oxygen atoms in total. The van der Waals surface area contributed by atoms with E-state index in [1.165, 1.54) is 22.5 Å². The van der Waals surface area contributed by atoms with Gasteiger partial charge in [0.25, 0.3) is 5.91 Å². The number of hydrogen-bond acceptors (Lipinski definition) is 4. The lowest BCUT2D eigenvalue weighted by atomic mass is 10.0. The Morgan fingerprint density at radius 3 is 2.40 bits per heavy atom. The van der Waals surface area contributed by atoms with Crippen LogP contribution in [0, 0.1) is 6.92 Å². The molecule has 0 bridgehead atoms. The highest BCUT2D eigenvalue weighted by molar-refractivity contribution is 7.21. The average molecular weight is 418 g/mol. The van der Waals surface area contributed by atoms with Gasteiger partial charge in [-0.15, -0.1) is 11.3 Å². The third-order valence-electron chi connectivity index (χ3n) is 5.05. The smallest absolute Gasteiger partial charge is 0.266 e. The van der Waals surface area contributed by atoms with Crippen molar-refractivity contribution in [3.05, 3.63) is 88.3 Å². The molecule has 1 aromatic heterocycles. The zero-order valence-electron chi connectivity index (χ0n) is 17.2. The number of aryl methyl sites for hydroxylation is 1. The molecule has 0 atom stereocenters. The first-order chi connectivity index (χ1) is 14.6. The molecule has 0 aliphatic heterocycles. The van der Waals surface area contributed by atoms with Crippen LogP contribution in [-0.2, 0) is 6.42 Å². The van der Waals surface area contributed by atoms with Crippen LogP contribution in [0.1, 0.15) is 26.4 Å². The van der Waals surface area contributed by atoms with Gasteiger partial charge in [-0.3, -0.25) is 4.79 Å². The molecule has 4 rings (SSSR count). The maximum Gasteiger partial charge on any atom is 0.266 e. The zero-order chi connectivity index (χ0) is 21.1. The van der Waals surface area contributed by atoms with E-state index in [1.54, 1.807) is 26.4 Å². The highest BCUT2D eigenvalue weighted by atomic mass is 32.1. The van der Waals surface area contributed by atoms with Crippen molar-refractivity contribution in [1.29, 1.82) is 0 Å². The molecular weight excluding hydrogens is 394 g/mol. The first kappa shape index (κ1) is 20.0. The number of amides is 1. The fourth-order valence-corrected chi connectivity index (χ4v) is 4.59. The molecule has 1 heterocycles. The molecule has 30 heavy (non-hydrogen) atoms. The van der Waals surface area contributed by atoms with Crippen molar-refractivity contribution in [3.63, 3.8) is 0 Å². The molecule has 0 aliphatic carbocycles. The van der Waals surface area contributed by atoms with E-state index < -0.39 is 0 Å². The summed E-state index contributed by atoms with van der Waals surface area (Å²) < 4.78 is 11.7. The molecule has 152 valence electrons. The molecule has 1 amide bonds. The van der Waals surface area contributed by atoms with E-state index in [1.807, 2.05) is 18.2 Å². The van der Waals surface area contributed by atoms with Crippen molar-refractivity contribution in [2.24, 2.45) is 0 Å². The van der Waals surface area contributed by atoms with Gasteiger partial charge in [-0.05, 0) is 48.1 Å². The van der Waals surface area contributed by atoms with Crippen molar-refractivity contribution in [3.8, 4) is 11.5 Å². The number of fused-ring (bicyclic) bond motifs is 1. The van der Waals surface area contributed by atoms with Crippen LogP contribution in [0.15, 0.2) is 66.7 Å². The van der Waals surface area contributed by atoms with Gasteiger partial charge >= 0.3 is 0 Å². The minimum atomic E-state index is -0.120. The largest absolute Gasteiger partial charge is 0.493 e. The molecule has 0 unspecified atom stereocenters. The fraction of sp³-hybridized carbons (Fsp3) is 0.160. The number of thiophene rings is 1. The molecule has 0 aliphatic rings. The molecule has 0 fully saturated rings. The van der Waals surface area contributed by atoms with E-state index >= 15 is 0 Å². The third kappa shape index (κ3) is 4.02. The Morgan fingerprint density at radius 1 is 0.933 bits per heavy atom. The maximum absolute atomic E-state index is 13.2. The van der Waals surface area contributed by atoms with Crippen molar-refractivity contribution in [2.45, 2.75) is 13.3 Å². The van der Waals surface area contributed by atoms with Gasteiger partial charge in [0.15, 0.2) is 11.5 Å². The summed E-state index contributed by atoms with van der Waals surface area (Å²) in [6, 6.07) is 22.0. The summed E-state index contributed by atoms with van der Waals surface area (Å²) in [5, 5.41) is 4.14. The van der Waals surface area contributed by atoms with Crippen molar-refractivity contribution in [2.75, 3.05) is 19.5 Å². The van der Waals surface area contributed by atoms with Gasteiger partial charge in [-0.1, -0.05) is 48.0 Å². The predicted molar refractivity (Wildman–Crippen MR) is 123 cm³/mol. The minimum Gasteiger partial charge on any atom is -0.493 e. The van der Waals surface area contributed by atoms with Crippen LogP contribution in [0.5, 0.6) is 11.5 Å². The first-order valence-corrected chi connectivity index (χ1v) is 10.5. The summed E-state index contributed by atoms with van der Waals surface area (Å²) in [6.07, 6.45) is 0.707. The van der Waals surface area contributed by atoms with E-state index in [4.69, 9.17) is 9.47 Å². The summed E-state index contributed by atoms with van der Waals surface area (Å²) in [7, 11) is 3.17. The molecule has 3 aromatic carbocycles. The number of benzene rings is 3. The van der Waals surface area contributed by atoms with Crippen LogP contribution in [0.2, 0.25) is 0 Å². The monoisotopic (exact) mass is 417 g/mol. The lowest BCUT2D eigenvalue weighted by Crippen LogP contribution is -2.12. The molecule has 1 N–H and O–H groups in total. The van der Waals surface area contributed by atoms with Crippen molar-refractivity contribution < 1.29 is 14.3 Å². The average Bonchev–Trinajstić information content (AvgIpc) is 3.14. The highest BCUT2D eigenvalue weighted by Crippen LogP contribution is 2.35. The Bertz CT molecular complexity index is 1190. The number of ether oxygens (including phenoxy) is 2. The Balaban J connectivity index is 1.69. The van der Waals surface area contributed by atoms with Gasteiger partial charge in [0.2, 0.25) is 0 Å². The Morgan fingerprint density at radius 2 is 1.67 bits per heavy atom. The van der Waals surface area contributed by atoms with Crippen molar-refractivity contribution in [1.82, 2.24) is 0 Å². The van der Waals surface area contributed by atoms with Gasteiger partial charge in [0, 0.05) is 16.5 Å². The summed E-state index contributed by atoms with van der Waals surface area (Å²) >= 11 is 1.52. The van der Waals surface area contributed by atoms with Crippen LogP contribution < -0.4 is 14.8 Å². The lowest BCUT2D eigenvalue weighted by Gasteiger charge is -2.11. The van der Waals surface area contributed by atoms with Crippen LogP contribution >= 0.6 is 11.3 Å². The number of anilines is 1. The number of rotatable bonds is 6. The molecule has 0 saturated carbocycles. The summed E-state index contributed by atoms with van der Waals surface area (Å²) in [5.74, 6) is 1.08. The molecule has 4 aromatic rings. The van der Waals surface area contributed by atoms with Gasteiger partial charge in [-0.2, -0.15) is 0 Å². The minimum absolute atomic E-state index is 0.120. The first-order valence-electron chi connectivity index (χ1n) is 9.68. The summed E-state index contributed by atoms with van der Waals surface area (Å²) in [5.41, 5.74) is 4.12. The Labute approximate surface area is 180 Å². The highest BCUT2D eigenvalue weighted by Gasteiger charge is 2.19. The van der Waals surface area contributed by atoms with Gasteiger partial charge in [0.05, 0.1) is 19.1 Å².